The molecule has 0 spiro atoms. The van der Waals surface area contributed by atoms with Crippen molar-refractivity contribution in [2.45, 2.75) is 70.5 Å². The number of piperidine rings is 1. The molecule has 0 bridgehead atoms. The molecule has 7 heteroatoms. The van der Waals surface area contributed by atoms with E-state index in [4.69, 9.17) is 9.47 Å². The molecule has 3 rings (SSSR count). The molecule has 1 atom stereocenters. The Morgan fingerprint density at radius 3 is 2.86 bits per heavy atom. The molecule has 6 nitrogen and oxygen atoms in total. The molecular weight excluding hydrogens is 372 g/mol. The van der Waals surface area contributed by atoms with Gasteiger partial charge in [0.1, 0.15) is 0 Å². The van der Waals surface area contributed by atoms with E-state index >= 15 is 0 Å². The van der Waals surface area contributed by atoms with E-state index in [-0.39, 0.29) is 0 Å². The fourth-order valence-corrected chi connectivity index (χ4v) is 4.69. The molecule has 2 aliphatic heterocycles. The predicted molar refractivity (Wildman–Crippen MR) is 115 cm³/mol. The molecule has 1 aromatic rings. The predicted octanol–water partition coefficient (Wildman–Crippen LogP) is 3.40. The first-order valence-corrected chi connectivity index (χ1v) is 11.7. The Balaban J connectivity index is 1.27. The highest BCUT2D eigenvalue weighted by Gasteiger charge is 2.23. The molecule has 1 aromatic heterocycles. The molecule has 1 N–H and O–H groups in total. The molecular formula is C21H36N4O2S. The van der Waals surface area contributed by atoms with Crippen molar-refractivity contribution >= 4 is 17.3 Å². The van der Waals surface area contributed by atoms with E-state index in [1.165, 1.54) is 17.8 Å². The van der Waals surface area contributed by atoms with Gasteiger partial charge in [0.2, 0.25) is 0 Å². The smallest absolute Gasteiger partial charge is 0.193 e. The zero-order chi connectivity index (χ0) is 19.6. The Morgan fingerprint density at radius 1 is 1.32 bits per heavy atom. The van der Waals surface area contributed by atoms with Gasteiger partial charge < -0.3 is 19.7 Å². The number of unbranched alkanes of at least 4 members (excludes halogenated alkanes) is 1. The lowest BCUT2D eigenvalue weighted by Crippen LogP contribution is -2.47. The minimum Gasteiger partial charge on any atom is -0.376 e. The van der Waals surface area contributed by atoms with Crippen LogP contribution >= 0.6 is 11.3 Å². The van der Waals surface area contributed by atoms with E-state index in [1.54, 1.807) is 11.3 Å². The number of aliphatic imine (C=N–C) groups is 1. The maximum absolute atomic E-state index is 6.12. The topological polar surface area (TPSA) is 59.0 Å². The van der Waals surface area contributed by atoms with Gasteiger partial charge in [0.25, 0.3) is 0 Å². The summed E-state index contributed by atoms with van der Waals surface area (Å²) >= 11 is 1.77. The monoisotopic (exact) mass is 408 g/mol. The number of thiazole rings is 1. The Morgan fingerprint density at radius 2 is 2.18 bits per heavy atom. The van der Waals surface area contributed by atoms with Crippen LogP contribution in [0.15, 0.2) is 10.4 Å². The lowest BCUT2D eigenvalue weighted by Gasteiger charge is -2.35. The zero-order valence-corrected chi connectivity index (χ0v) is 18.3. The standard InChI is InChI=1S/C21H36N4O2S/c1-17-16-28-20(24-17)8-3-5-11-23-21(22-2)25-12-9-18(10-13-25)27-15-19-7-4-6-14-26-19/h16,18-19H,3-15H2,1-2H3,(H,22,23). The molecule has 0 aromatic carbocycles. The molecule has 2 fully saturated rings. The van der Waals surface area contributed by atoms with Gasteiger partial charge in [0.15, 0.2) is 5.96 Å². The summed E-state index contributed by atoms with van der Waals surface area (Å²) in [6, 6.07) is 0. The van der Waals surface area contributed by atoms with Gasteiger partial charge in [-0.05, 0) is 58.3 Å². The molecule has 0 saturated carbocycles. The minimum atomic E-state index is 0.314. The number of guanidine groups is 1. The fraction of sp³-hybridized carbons (Fsp3) is 0.810. The van der Waals surface area contributed by atoms with Gasteiger partial charge >= 0.3 is 0 Å². The minimum absolute atomic E-state index is 0.314. The van der Waals surface area contributed by atoms with Crippen LogP contribution in [0.5, 0.6) is 0 Å². The van der Waals surface area contributed by atoms with E-state index in [0.29, 0.717) is 12.2 Å². The summed E-state index contributed by atoms with van der Waals surface area (Å²) in [5, 5.41) is 6.91. The summed E-state index contributed by atoms with van der Waals surface area (Å²) in [4.78, 5) is 11.4. The first-order chi connectivity index (χ1) is 13.7. The second-order valence-electron chi connectivity index (χ2n) is 7.82. The average molecular weight is 409 g/mol. The molecule has 2 aliphatic rings. The number of nitrogens with one attached hydrogen (secondary N) is 1. The third-order valence-corrected chi connectivity index (χ3v) is 6.54. The summed E-state index contributed by atoms with van der Waals surface area (Å²) in [7, 11) is 1.88. The van der Waals surface area contributed by atoms with E-state index in [1.807, 2.05) is 7.05 Å². The van der Waals surface area contributed by atoms with Gasteiger partial charge in [-0.3, -0.25) is 4.99 Å². The highest BCUT2D eigenvalue weighted by atomic mass is 32.1. The molecule has 158 valence electrons. The Labute approximate surface area is 173 Å². The van der Waals surface area contributed by atoms with Crippen molar-refractivity contribution in [2.75, 3.05) is 39.9 Å². The highest BCUT2D eigenvalue weighted by molar-refractivity contribution is 7.09. The number of likely N-dealkylation sites (tertiary alicyclic amines) is 1. The molecule has 2 saturated heterocycles. The van der Waals surface area contributed by atoms with Crippen LogP contribution in [0.2, 0.25) is 0 Å². The van der Waals surface area contributed by atoms with Gasteiger partial charge in [-0.15, -0.1) is 11.3 Å². The van der Waals surface area contributed by atoms with Crippen LogP contribution in [0.4, 0.5) is 0 Å². The number of nitrogens with zero attached hydrogens (tertiary/aromatic N) is 3. The normalized spacial score (nSPS) is 21.9. The third-order valence-electron chi connectivity index (χ3n) is 5.51. The highest BCUT2D eigenvalue weighted by Crippen LogP contribution is 2.18. The molecule has 0 aliphatic carbocycles. The quantitative estimate of drug-likeness (QED) is 0.406. The lowest BCUT2D eigenvalue weighted by atomic mass is 10.1. The fourth-order valence-electron chi connectivity index (χ4n) is 3.87. The summed E-state index contributed by atoms with van der Waals surface area (Å²) < 4.78 is 11.9. The first kappa shape index (κ1) is 21.5. The van der Waals surface area contributed by atoms with Gasteiger partial charge in [-0.25, -0.2) is 4.98 Å². The average Bonchev–Trinajstić information content (AvgIpc) is 3.15. The van der Waals surface area contributed by atoms with Crippen molar-refractivity contribution in [3.63, 3.8) is 0 Å². The number of hydrogen-bond acceptors (Lipinski definition) is 5. The summed E-state index contributed by atoms with van der Waals surface area (Å²) in [6.45, 7) is 6.70. The van der Waals surface area contributed by atoms with Gasteiger partial charge in [-0.2, -0.15) is 0 Å². The molecule has 0 amide bonds. The van der Waals surface area contributed by atoms with Gasteiger partial charge in [-0.1, -0.05) is 0 Å². The van der Waals surface area contributed by atoms with Gasteiger partial charge in [0, 0.05) is 44.4 Å². The van der Waals surface area contributed by atoms with E-state index in [9.17, 15) is 0 Å². The summed E-state index contributed by atoms with van der Waals surface area (Å²) in [6.07, 6.45) is 9.81. The van der Waals surface area contributed by atoms with Crippen LogP contribution in [-0.2, 0) is 15.9 Å². The van der Waals surface area contributed by atoms with Crippen molar-refractivity contribution in [1.29, 1.82) is 0 Å². The molecule has 28 heavy (non-hydrogen) atoms. The van der Waals surface area contributed by atoms with Crippen molar-refractivity contribution in [3.05, 3.63) is 16.1 Å². The van der Waals surface area contributed by atoms with Crippen LogP contribution in [0.1, 0.15) is 55.6 Å². The van der Waals surface area contributed by atoms with E-state index in [0.717, 1.165) is 83.0 Å². The van der Waals surface area contributed by atoms with Crippen LogP contribution in [0, 0.1) is 6.92 Å². The second kappa shape index (κ2) is 11.7. The Kier molecular flexibility index (Phi) is 9.02. The zero-order valence-electron chi connectivity index (χ0n) is 17.5. The van der Waals surface area contributed by atoms with Crippen molar-refractivity contribution < 1.29 is 9.47 Å². The maximum Gasteiger partial charge on any atom is 0.193 e. The van der Waals surface area contributed by atoms with Crippen molar-refractivity contribution in [1.82, 2.24) is 15.2 Å². The Bertz CT molecular complexity index is 593. The van der Waals surface area contributed by atoms with Crippen molar-refractivity contribution in [2.24, 2.45) is 4.99 Å². The summed E-state index contributed by atoms with van der Waals surface area (Å²) in [5.74, 6) is 1.03. The lowest BCUT2D eigenvalue weighted by molar-refractivity contribution is -0.0721. The van der Waals surface area contributed by atoms with Crippen LogP contribution in [0.3, 0.4) is 0 Å². The number of aryl methyl sites for hydroxylation is 2. The van der Waals surface area contributed by atoms with E-state index < -0.39 is 0 Å². The van der Waals surface area contributed by atoms with Crippen LogP contribution in [0.25, 0.3) is 0 Å². The third kappa shape index (κ3) is 7.01. The number of aromatic nitrogens is 1. The number of ether oxygens (including phenoxy) is 2. The summed E-state index contributed by atoms with van der Waals surface area (Å²) in [5.41, 5.74) is 1.14. The molecule has 1 unspecified atom stereocenters. The number of rotatable bonds is 8. The second-order valence-corrected chi connectivity index (χ2v) is 8.76. The van der Waals surface area contributed by atoms with Crippen LogP contribution < -0.4 is 5.32 Å². The Hall–Kier alpha value is -1.18. The van der Waals surface area contributed by atoms with E-state index in [2.05, 4.69) is 32.5 Å². The van der Waals surface area contributed by atoms with Crippen molar-refractivity contribution in [3.8, 4) is 0 Å². The first-order valence-electron chi connectivity index (χ1n) is 10.8. The van der Waals surface area contributed by atoms with Crippen LogP contribution in [-0.4, -0.2) is 67.9 Å². The largest absolute Gasteiger partial charge is 0.376 e. The molecule has 0 radical (unpaired) electrons. The maximum atomic E-state index is 6.12. The van der Waals surface area contributed by atoms with Gasteiger partial charge in [0.05, 0.1) is 23.8 Å². The SMILES string of the molecule is CN=C(NCCCCc1nc(C)cs1)N1CCC(OCC2CCCCO2)CC1. The molecule has 3 heterocycles. The number of hydrogen-bond donors (Lipinski definition) is 1.